The third-order valence-electron chi connectivity index (χ3n) is 6.59. The summed E-state index contributed by atoms with van der Waals surface area (Å²) in [5.41, 5.74) is 4.47. The maximum Gasteiger partial charge on any atom is 0.407 e. The summed E-state index contributed by atoms with van der Waals surface area (Å²) >= 11 is 0. The fraction of sp³-hybridized carbons (Fsp3) is 0.423. The Labute approximate surface area is 198 Å². The van der Waals surface area contributed by atoms with Gasteiger partial charge in [0, 0.05) is 25.6 Å². The number of carbonyl (C=O) groups excluding carboxylic acids is 2. The first kappa shape index (κ1) is 23.8. The molecule has 1 aliphatic heterocycles. The molecule has 2 aliphatic rings. The number of carbonyl (C=O) groups is 3. The zero-order valence-electron chi connectivity index (χ0n) is 19.2. The summed E-state index contributed by atoms with van der Waals surface area (Å²) in [5.74, 6) is -1.38. The molecule has 0 aromatic heterocycles. The lowest BCUT2D eigenvalue weighted by Gasteiger charge is -2.37. The molecule has 180 valence electrons. The van der Waals surface area contributed by atoms with Gasteiger partial charge < -0.3 is 24.8 Å². The molecule has 2 aromatic carbocycles. The minimum atomic E-state index is -0.949. The molecule has 1 saturated heterocycles. The van der Waals surface area contributed by atoms with Crippen LogP contribution in [-0.4, -0.2) is 66.9 Å². The van der Waals surface area contributed by atoms with Crippen LogP contribution in [0, 0.1) is 0 Å². The molecular weight excluding hydrogens is 436 g/mol. The molecule has 0 bridgehead atoms. The molecule has 0 saturated carbocycles. The van der Waals surface area contributed by atoms with Crippen LogP contribution in [0.4, 0.5) is 4.79 Å². The number of nitrogens with one attached hydrogen (secondary N) is 1. The molecule has 34 heavy (non-hydrogen) atoms. The van der Waals surface area contributed by atoms with Crippen molar-refractivity contribution in [1.29, 1.82) is 0 Å². The van der Waals surface area contributed by atoms with E-state index in [4.69, 9.17) is 9.47 Å². The number of nitrogens with zero attached hydrogens (tertiary/aromatic N) is 1. The number of benzene rings is 2. The predicted molar refractivity (Wildman–Crippen MR) is 125 cm³/mol. The quantitative estimate of drug-likeness (QED) is 0.618. The smallest absolute Gasteiger partial charge is 0.407 e. The number of ether oxygens (including phenoxy) is 2. The lowest BCUT2D eigenvalue weighted by Crippen LogP contribution is -2.55. The summed E-state index contributed by atoms with van der Waals surface area (Å²) in [6.07, 6.45) is 1.48. The van der Waals surface area contributed by atoms with Gasteiger partial charge >= 0.3 is 12.1 Å². The maximum absolute atomic E-state index is 13.2. The highest BCUT2D eigenvalue weighted by molar-refractivity contribution is 5.86. The summed E-state index contributed by atoms with van der Waals surface area (Å²) in [7, 11) is 1.45. The Morgan fingerprint density at radius 3 is 2.32 bits per heavy atom. The lowest BCUT2D eigenvalue weighted by atomic mass is 9.98. The van der Waals surface area contributed by atoms with Gasteiger partial charge in [-0.05, 0) is 41.5 Å². The number of carboxylic acid groups (broad SMARTS) is 1. The van der Waals surface area contributed by atoms with Crippen LogP contribution in [0.2, 0.25) is 0 Å². The number of carboxylic acids is 1. The van der Waals surface area contributed by atoms with Crippen LogP contribution in [0.3, 0.4) is 0 Å². The minimum absolute atomic E-state index is 0.0285. The summed E-state index contributed by atoms with van der Waals surface area (Å²) in [6.45, 7) is 0.571. The first-order valence-electron chi connectivity index (χ1n) is 11.6. The molecule has 1 heterocycles. The van der Waals surface area contributed by atoms with Crippen LogP contribution in [0.5, 0.6) is 0 Å². The normalized spacial score (nSPS) is 18.0. The molecular formula is C26H30N2O6. The van der Waals surface area contributed by atoms with Crippen molar-refractivity contribution in [3.8, 4) is 11.1 Å². The average molecular weight is 467 g/mol. The highest BCUT2D eigenvalue weighted by Crippen LogP contribution is 2.44. The standard InChI is InChI=1S/C26H30N2O6/c1-33-16-23(25(31)28-13-7-6-8-17(28)14-24(29)30)27-26(32)34-15-22-20-11-4-2-9-18(20)19-10-3-5-12-21(19)22/h2-5,9-12,17,22-23H,6-8,13-16H2,1H3,(H,27,32)(H,29,30)/t17-,23+/m1/s1. The molecule has 0 spiro atoms. The highest BCUT2D eigenvalue weighted by atomic mass is 16.5. The molecule has 8 heteroatoms. The van der Waals surface area contributed by atoms with Crippen molar-refractivity contribution in [1.82, 2.24) is 10.2 Å². The van der Waals surface area contributed by atoms with Gasteiger partial charge in [-0.1, -0.05) is 48.5 Å². The van der Waals surface area contributed by atoms with Gasteiger partial charge in [0.25, 0.3) is 0 Å². The Morgan fingerprint density at radius 1 is 1.06 bits per heavy atom. The highest BCUT2D eigenvalue weighted by Gasteiger charge is 2.34. The number of amides is 2. The van der Waals surface area contributed by atoms with E-state index < -0.39 is 18.1 Å². The van der Waals surface area contributed by atoms with E-state index in [1.54, 1.807) is 4.90 Å². The number of hydrogen-bond donors (Lipinski definition) is 2. The van der Waals surface area contributed by atoms with Crippen LogP contribution in [0.15, 0.2) is 48.5 Å². The fourth-order valence-corrected chi connectivity index (χ4v) is 5.03. The molecule has 2 N–H and O–H groups in total. The van der Waals surface area contributed by atoms with E-state index in [9.17, 15) is 19.5 Å². The number of aliphatic carboxylic acids is 1. The van der Waals surface area contributed by atoms with Gasteiger partial charge in [0.15, 0.2) is 0 Å². The molecule has 1 aliphatic carbocycles. The SMILES string of the molecule is COC[C@H](NC(=O)OCC1c2ccccc2-c2ccccc21)C(=O)N1CCCC[C@@H]1CC(=O)O. The van der Waals surface area contributed by atoms with E-state index in [1.165, 1.54) is 7.11 Å². The zero-order valence-corrected chi connectivity index (χ0v) is 19.2. The van der Waals surface area contributed by atoms with Gasteiger partial charge in [0.05, 0.1) is 13.0 Å². The molecule has 4 rings (SSSR count). The molecule has 8 nitrogen and oxygen atoms in total. The Hall–Kier alpha value is -3.39. The summed E-state index contributed by atoms with van der Waals surface area (Å²) in [6, 6.07) is 14.8. The summed E-state index contributed by atoms with van der Waals surface area (Å²) < 4.78 is 10.7. The largest absolute Gasteiger partial charge is 0.481 e. The fourth-order valence-electron chi connectivity index (χ4n) is 5.03. The number of likely N-dealkylation sites (tertiary alicyclic amines) is 1. The van der Waals surface area contributed by atoms with Crippen LogP contribution < -0.4 is 5.32 Å². The molecule has 1 fully saturated rings. The van der Waals surface area contributed by atoms with Gasteiger partial charge in [-0.2, -0.15) is 0 Å². The Kier molecular flexibility index (Phi) is 7.47. The first-order valence-corrected chi connectivity index (χ1v) is 11.6. The van der Waals surface area contributed by atoms with Crippen molar-refractivity contribution in [2.24, 2.45) is 0 Å². The number of piperidine rings is 1. The van der Waals surface area contributed by atoms with Crippen molar-refractivity contribution in [3.05, 3.63) is 59.7 Å². The number of alkyl carbamates (subject to hydrolysis) is 1. The van der Waals surface area contributed by atoms with E-state index in [0.717, 1.165) is 35.1 Å². The lowest BCUT2D eigenvalue weighted by molar-refractivity contribution is -0.143. The zero-order chi connectivity index (χ0) is 24.1. The van der Waals surface area contributed by atoms with Crippen molar-refractivity contribution in [2.45, 2.75) is 43.7 Å². The van der Waals surface area contributed by atoms with Crippen molar-refractivity contribution in [2.75, 3.05) is 26.9 Å². The minimum Gasteiger partial charge on any atom is -0.481 e. The molecule has 2 atom stereocenters. The van der Waals surface area contributed by atoms with Gasteiger partial charge in [0.1, 0.15) is 12.6 Å². The van der Waals surface area contributed by atoms with Gasteiger partial charge in [-0.3, -0.25) is 9.59 Å². The maximum atomic E-state index is 13.2. The topological polar surface area (TPSA) is 105 Å². The van der Waals surface area contributed by atoms with Crippen molar-refractivity contribution < 1.29 is 29.0 Å². The van der Waals surface area contributed by atoms with Crippen LogP contribution in [0.25, 0.3) is 11.1 Å². The average Bonchev–Trinajstić information content (AvgIpc) is 3.16. The molecule has 2 amide bonds. The van der Waals surface area contributed by atoms with E-state index in [2.05, 4.69) is 17.4 Å². The van der Waals surface area contributed by atoms with E-state index in [0.29, 0.717) is 13.0 Å². The molecule has 0 unspecified atom stereocenters. The third-order valence-corrected chi connectivity index (χ3v) is 6.59. The number of rotatable bonds is 8. The summed E-state index contributed by atoms with van der Waals surface area (Å²) in [4.78, 5) is 38.7. The summed E-state index contributed by atoms with van der Waals surface area (Å²) in [5, 5.41) is 11.8. The Morgan fingerprint density at radius 2 is 1.71 bits per heavy atom. The van der Waals surface area contributed by atoms with Crippen LogP contribution >= 0.6 is 0 Å². The molecule has 2 aromatic rings. The van der Waals surface area contributed by atoms with Crippen molar-refractivity contribution in [3.63, 3.8) is 0 Å². The van der Waals surface area contributed by atoms with Gasteiger partial charge in [-0.25, -0.2) is 4.79 Å². The van der Waals surface area contributed by atoms with Gasteiger partial charge in [-0.15, -0.1) is 0 Å². The Balaban J connectivity index is 1.42. The predicted octanol–water partition coefficient (Wildman–Crippen LogP) is 3.40. The van der Waals surface area contributed by atoms with Crippen molar-refractivity contribution >= 4 is 18.0 Å². The second kappa shape index (κ2) is 10.7. The second-order valence-electron chi connectivity index (χ2n) is 8.76. The molecule has 0 radical (unpaired) electrons. The van der Waals surface area contributed by atoms with E-state index in [1.807, 2.05) is 36.4 Å². The number of methoxy groups -OCH3 is 1. The van der Waals surface area contributed by atoms with Crippen LogP contribution in [0.1, 0.15) is 42.7 Å². The third kappa shape index (κ3) is 5.07. The van der Waals surface area contributed by atoms with Crippen LogP contribution in [-0.2, 0) is 19.1 Å². The first-order chi connectivity index (χ1) is 16.5. The number of hydrogen-bond acceptors (Lipinski definition) is 5. The second-order valence-corrected chi connectivity index (χ2v) is 8.76. The Bertz CT molecular complexity index is 1010. The monoisotopic (exact) mass is 466 g/mol. The van der Waals surface area contributed by atoms with E-state index in [-0.39, 0.29) is 37.5 Å². The van der Waals surface area contributed by atoms with E-state index >= 15 is 0 Å². The van der Waals surface area contributed by atoms with Gasteiger partial charge in [0.2, 0.25) is 5.91 Å². The number of fused-ring (bicyclic) bond motifs is 3.